The Labute approximate surface area is 110 Å². The van der Waals surface area contributed by atoms with Crippen molar-refractivity contribution in [3.8, 4) is 0 Å². The second-order valence-electron chi connectivity index (χ2n) is 3.93. The van der Waals surface area contributed by atoms with E-state index in [4.69, 9.17) is 16.3 Å². The molecule has 1 aliphatic rings. The molecular formula is C11H15ClN2O2S. The maximum atomic E-state index is 12.0. The molecule has 1 aliphatic heterocycles. The van der Waals surface area contributed by atoms with Gasteiger partial charge >= 0.3 is 0 Å². The first kappa shape index (κ1) is 12.8. The Bertz CT molecular complexity index is 350. The molecule has 0 aliphatic carbocycles. The van der Waals surface area contributed by atoms with Crippen LogP contribution in [0.5, 0.6) is 0 Å². The molecule has 0 radical (unpaired) electrons. The van der Waals surface area contributed by atoms with Crippen molar-refractivity contribution < 1.29 is 9.53 Å². The summed E-state index contributed by atoms with van der Waals surface area (Å²) < 4.78 is 5.57. The number of hydrogen-bond donors (Lipinski definition) is 0. The summed E-state index contributed by atoms with van der Waals surface area (Å²) in [6.07, 6.45) is 2.01. The van der Waals surface area contributed by atoms with E-state index in [1.807, 2.05) is 4.90 Å². The highest BCUT2D eigenvalue weighted by atomic mass is 35.5. The quantitative estimate of drug-likeness (QED) is 0.789. The van der Waals surface area contributed by atoms with Crippen LogP contribution < -0.4 is 0 Å². The average molecular weight is 275 g/mol. The third-order valence-corrected chi connectivity index (χ3v) is 3.55. The predicted molar refractivity (Wildman–Crippen MR) is 67.7 cm³/mol. The fraction of sp³-hybridized carbons (Fsp3) is 0.636. The first-order valence-electron chi connectivity index (χ1n) is 5.66. The van der Waals surface area contributed by atoms with E-state index in [2.05, 4.69) is 4.98 Å². The molecule has 0 atom stereocenters. The van der Waals surface area contributed by atoms with Crippen LogP contribution in [0.4, 0.5) is 0 Å². The third kappa shape index (κ3) is 3.40. The number of nitrogens with zero attached hydrogens (tertiary/aromatic N) is 2. The number of aromatic nitrogens is 1. The van der Waals surface area contributed by atoms with Crippen LogP contribution in [0.1, 0.15) is 23.3 Å². The Kier molecular flexibility index (Phi) is 4.76. The summed E-state index contributed by atoms with van der Waals surface area (Å²) in [6, 6.07) is 0. The maximum Gasteiger partial charge on any atom is 0.273 e. The van der Waals surface area contributed by atoms with Gasteiger partial charge in [0, 0.05) is 24.3 Å². The van der Waals surface area contributed by atoms with Crippen LogP contribution in [0.3, 0.4) is 0 Å². The van der Waals surface area contributed by atoms with Gasteiger partial charge in [-0.05, 0) is 12.8 Å². The predicted octanol–water partition coefficient (Wildman–Crippen LogP) is 2.00. The van der Waals surface area contributed by atoms with E-state index in [1.165, 1.54) is 11.3 Å². The van der Waals surface area contributed by atoms with Crippen molar-refractivity contribution in [2.75, 3.05) is 25.6 Å². The molecule has 0 aromatic carbocycles. The summed E-state index contributed by atoms with van der Waals surface area (Å²) in [5, 5.41) is 1.79. The first-order valence-corrected chi connectivity index (χ1v) is 7.14. The Hall–Kier alpha value is -0.650. The van der Waals surface area contributed by atoms with Crippen LogP contribution in [0.15, 0.2) is 10.9 Å². The van der Waals surface area contributed by atoms with Crippen LogP contribution in [-0.4, -0.2) is 47.5 Å². The van der Waals surface area contributed by atoms with E-state index in [-0.39, 0.29) is 12.0 Å². The van der Waals surface area contributed by atoms with Crippen LogP contribution in [0, 0.1) is 0 Å². The Morgan fingerprint density at radius 1 is 1.59 bits per heavy atom. The number of carbonyl (C=O) groups excluding carboxylic acids is 1. The van der Waals surface area contributed by atoms with E-state index in [0.717, 1.165) is 25.9 Å². The van der Waals surface area contributed by atoms with Gasteiger partial charge in [-0.3, -0.25) is 4.79 Å². The van der Waals surface area contributed by atoms with Crippen LogP contribution in [0.25, 0.3) is 0 Å². The molecule has 1 fully saturated rings. The van der Waals surface area contributed by atoms with Crippen molar-refractivity contribution in [3.63, 3.8) is 0 Å². The minimum Gasteiger partial charge on any atom is -0.377 e. The molecule has 94 valence electrons. The highest BCUT2D eigenvalue weighted by Crippen LogP contribution is 2.16. The molecule has 2 heterocycles. The number of thiazole rings is 1. The Morgan fingerprint density at radius 3 is 2.94 bits per heavy atom. The molecule has 0 unspecified atom stereocenters. The minimum atomic E-state index is 0.0297. The van der Waals surface area contributed by atoms with Gasteiger partial charge in [-0.25, -0.2) is 4.98 Å². The van der Waals surface area contributed by atoms with Gasteiger partial charge in [0.25, 0.3) is 5.91 Å². The number of amides is 1. The third-order valence-electron chi connectivity index (χ3n) is 2.81. The number of carbonyl (C=O) groups is 1. The highest BCUT2D eigenvalue weighted by Gasteiger charge is 2.24. The zero-order chi connectivity index (χ0) is 12.1. The normalized spacial score (nSPS) is 17.4. The summed E-state index contributed by atoms with van der Waals surface area (Å²) in [4.78, 5) is 17.9. The van der Waals surface area contributed by atoms with Gasteiger partial charge in [-0.2, -0.15) is 0 Å². The number of halogens is 1. The van der Waals surface area contributed by atoms with E-state index >= 15 is 0 Å². The van der Waals surface area contributed by atoms with E-state index in [1.54, 1.807) is 10.9 Å². The Balaban J connectivity index is 1.81. The lowest BCUT2D eigenvalue weighted by Gasteiger charge is -2.31. The molecule has 1 aromatic rings. The molecule has 1 saturated heterocycles. The van der Waals surface area contributed by atoms with Gasteiger partial charge in [0.05, 0.1) is 18.2 Å². The van der Waals surface area contributed by atoms with Gasteiger partial charge < -0.3 is 9.64 Å². The standard InChI is InChI=1S/C11H15ClN2O2S/c12-3-6-16-9-1-4-14(5-2-9)11(15)10-7-17-8-13-10/h7-9H,1-6H2. The van der Waals surface area contributed by atoms with Crippen molar-refractivity contribution in [2.24, 2.45) is 0 Å². The second-order valence-corrected chi connectivity index (χ2v) is 5.02. The number of likely N-dealkylation sites (tertiary alicyclic amines) is 1. The van der Waals surface area contributed by atoms with Gasteiger partial charge in [-0.15, -0.1) is 22.9 Å². The van der Waals surface area contributed by atoms with Crippen LogP contribution in [-0.2, 0) is 4.74 Å². The molecule has 1 amide bonds. The second kappa shape index (κ2) is 6.33. The lowest BCUT2D eigenvalue weighted by Crippen LogP contribution is -2.41. The molecule has 0 saturated carbocycles. The number of hydrogen-bond acceptors (Lipinski definition) is 4. The monoisotopic (exact) mass is 274 g/mol. The van der Waals surface area contributed by atoms with Crippen molar-refractivity contribution in [1.29, 1.82) is 0 Å². The van der Waals surface area contributed by atoms with Crippen molar-refractivity contribution in [3.05, 3.63) is 16.6 Å². The van der Waals surface area contributed by atoms with E-state index in [9.17, 15) is 4.79 Å². The van der Waals surface area contributed by atoms with Gasteiger partial charge in [0.15, 0.2) is 0 Å². The average Bonchev–Trinajstić information content (AvgIpc) is 2.90. The summed E-state index contributed by atoms with van der Waals surface area (Å²) in [6.45, 7) is 2.07. The molecular weight excluding hydrogens is 260 g/mol. The SMILES string of the molecule is O=C(c1cscn1)N1CCC(OCCCl)CC1. The zero-order valence-electron chi connectivity index (χ0n) is 9.47. The van der Waals surface area contributed by atoms with Gasteiger partial charge in [0.2, 0.25) is 0 Å². The first-order chi connectivity index (χ1) is 8.31. The number of ether oxygens (including phenoxy) is 1. The van der Waals surface area contributed by atoms with Gasteiger partial charge in [0.1, 0.15) is 5.69 Å². The summed E-state index contributed by atoms with van der Waals surface area (Å²) in [7, 11) is 0. The van der Waals surface area contributed by atoms with Crippen molar-refractivity contribution >= 4 is 28.8 Å². The summed E-state index contributed by atoms with van der Waals surface area (Å²) >= 11 is 7.02. The fourth-order valence-electron chi connectivity index (χ4n) is 1.92. The molecule has 4 nitrogen and oxygen atoms in total. The molecule has 1 aromatic heterocycles. The number of piperidine rings is 1. The molecule has 0 spiro atoms. The van der Waals surface area contributed by atoms with Crippen molar-refractivity contribution in [1.82, 2.24) is 9.88 Å². The van der Waals surface area contributed by atoms with Gasteiger partial charge in [-0.1, -0.05) is 0 Å². The molecule has 6 heteroatoms. The van der Waals surface area contributed by atoms with Crippen LogP contribution in [0.2, 0.25) is 0 Å². The topological polar surface area (TPSA) is 42.4 Å². The molecule has 2 rings (SSSR count). The summed E-state index contributed by atoms with van der Waals surface area (Å²) in [5.41, 5.74) is 2.24. The molecule has 17 heavy (non-hydrogen) atoms. The van der Waals surface area contributed by atoms with Crippen molar-refractivity contribution in [2.45, 2.75) is 18.9 Å². The smallest absolute Gasteiger partial charge is 0.273 e. The summed E-state index contributed by atoms with van der Waals surface area (Å²) in [5.74, 6) is 0.555. The lowest BCUT2D eigenvalue weighted by molar-refractivity contribution is 0.0152. The fourth-order valence-corrected chi connectivity index (χ4v) is 2.53. The minimum absolute atomic E-state index is 0.0297. The number of alkyl halides is 1. The molecule has 0 N–H and O–H groups in total. The Morgan fingerprint density at radius 2 is 2.35 bits per heavy atom. The largest absolute Gasteiger partial charge is 0.377 e. The van der Waals surface area contributed by atoms with Crippen LogP contribution >= 0.6 is 22.9 Å². The van der Waals surface area contributed by atoms with E-state index in [0.29, 0.717) is 18.2 Å². The van der Waals surface area contributed by atoms with E-state index < -0.39 is 0 Å². The molecule has 0 bridgehead atoms. The number of rotatable bonds is 4. The maximum absolute atomic E-state index is 12.0. The lowest BCUT2D eigenvalue weighted by atomic mass is 10.1. The zero-order valence-corrected chi connectivity index (χ0v) is 11.0. The highest BCUT2D eigenvalue weighted by molar-refractivity contribution is 7.07.